The lowest BCUT2D eigenvalue weighted by Crippen LogP contribution is -2.17. The monoisotopic (exact) mass is 454 g/mol. The summed E-state index contributed by atoms with van der Waals surface area (Å²) in [5.74, 6) is -1.37. The van der Waals surface area contributed by atoms with Gasteiger partial charge in [-0.15, -0.1) is 0 Å². The van der Waals surface area contributed by atoms with Crippen molar-refractivity contribution < 1.29 is 27.7 Å². The highest BCUT2D eigenvalue weighted by atomic mass is 35.5. The van der Waals surface area contributed by atoms with Crippen LogP contribution in [0.3, 0.4) is 0 Å². The Bertz CT molecular complexity index is 1150. The van der Waals surface area contributed by atoms with Crippen LogP contribution >= 0.6 is 11.6 Å². The number of sulfone groups is 1. The fourth-order valence-corrected chi connectivity index (χ4v) is 5.58. The standard InChI is InChI=1S/C19H19ClN2O7S/c1-11-7-16(12(2)21(11)14-5-6-30(27,28)10-14)18(23)9-29-19(24)15-4-3-13(20)8-17(15)22(25)26/h3-4,7-8,14H,5-6,9-10H2,1-2H3. The Morgan fingerprint density at radius 1 is 1.27 bits per heavy atom. The molecule has 1 aromatic carbocycles. The van der Waals surface area contributed by atoms with Gasteiger partial charge in [-0.25, -0.2) is 13.2 Å². The SMILES string of the molecule is Cc1cc(C(=O)COC(=O)c2ccc(Cl)cc2[N+](=O)[O-])c(C)n1C1CCS(=O)(=O)C1. The Morgan fingerprint density at radius 2 is 1.97 bits per heavy atom. The van der Waals surface area contributed by atoms with Crippen molar-refractivity contribution in [3.63, 3.8) is 0 Å². The molecule has 1 atom stereocenters. The number of Topliss-reactive ketones (excluding diaryl/α,β-unsaturated/α-hetero) is 1. The molecule has 2 heterocycles. The van der Waals surface area contributed by atoms with E-state index < -0.39 is 38.8 Å². The summed E-state index contributed by atoms with van der Waals surface area (Å²) in [4.78, 5) is 35.2. The molecular formula is C19H19ClN2O7S. The Labute approximate surface area is 177 Å². The second kappa shape index (κ2) is 8.19. The van der Waals surface area contributed by atoms with Gasteiger partial charge in [-0.3, -0.25) is 14.9 Å². The van der Waals surface area contributed by atoms with Gasteiger partial charge in [0.2, 0.25) is 5.78 Å². The third-order valence-electron chi connectivity index (χ3n) is 5.07. The van der Waals surface area contributed by atoms with Crippen LogP contribution < -0.4 is 0 Å². The Morgan fingerprint density at radius 3 is 2.57 bits per heavy atom. The first-order chi connectivity index (χ1) is 14.0. The van der Waals surface area contributed by atoms with E-state index in [2.05, 4.69) is 0 Å². The zero-order valence-corrected chi connectivity index (χ0v) is 17.8. The molecule has 0 spiro atoms. The van der Waals surface area contributed by atoms with Crippen molar-refractivity contribution in [2.45, 2.75) is 26.3 Å². The summed E-state index contributed by atoms with van der Waals surface area (Å²) in [6.45, 7) is 2.88. The van der Waals surface area contributed by atoms with Crippen molar-refractivity contribution in [3.05, 3.63) is 61.9 Å². The molecule has 30 heavy (non-hydrogen) atoms. The van der Waals surface area contributed by atoms with Crippen molar-refractivity contribution >= 4 is 38.9 Å². The summed E-state index contributed by atoms with van der Waals surface area (Å²) in [5, 5.41) is 11.2. The van der Waals surface area contributed by atoms with Crippen molar-refractivity contribution in [2.24, 2.45) is 0 Å². The van der Waals surface area contributed by atoms with E-state index in [1.807, 2.05) is 4.57 Å². The van der Waals surface area contributed by atoms with Crippen molar-refractivity contribution in [3.8, 4) is 0 Å². The minimum Gasteiger partial charge on any atom is -0.454 e. The number of nitro benzene ring substituents is 1. The summed E-state index contributed by atoms with van der Waals surface area (Å²) < 4.78 is 30.4. The molecule has 11 heteroatoms. The Hall–Kier alpha value is -2.72. The van der Waals surface area contributed by atoms with E-state index in [0.717, 1.165) is 11.8 Å². The summed E-state index contributed by atoms with van der Waals surface area (Å²) >= 11 is 5.73. The predicted molar refractivity (Wildman–Crippen MR) is 109 cm³/mol. The molecule has 0 radical (unpaired) electrons. The largest absolute Gasteiger partial charge is 0.454 e. The molecule has 9 nitrogen and oxygen atoms in total. The minimum absolute atomic E-state index is 0.0201. The van der Waals surface area contributed by atoms with Gasteiger partial charge in [0, 0.05) is 34.1 Å². The van der Waals surface area contributed by atoms with Crippen molar-refractivity contribution in [1.82, 2.24) is 4.57 Å². The van der Waals surface area contributed by atoms with Crippen LogP contribution in [-0.2, 0) is 14.6 Å². The molecule has 1 aromatic heterocycles. The average Bonchev–Trinajstić information content (AvgIpc) is 3.17. The minimum atomic E-state index is -3.09. The number of nitrogens with zero attached hydrogens (tertiary/aromatic N) is 2. The number of rotatable bonds is 6. The molecule has 2 aromatic rings. The van der Waals surface area contributed by atoms with Gasteiger partial charge in [0.1, 0.15) is 5.56 Å². The van der Waals surface area contributed by atoms with E-state index in [9.17, 15) is 28.1 Å². The van der Waals surface area contributed by atoms with Crippen molar-refractivity contribution in [1.29, 1.82) is 0 Å². The molecule has 1 saturated heterocycles. The molecule has 0 bridgehead atoms. The Balaban J connectivity index is 1.76. The summed E-state index contributed by atoms with van der Waals surface area (Å²) in [5.41, 5.74) is 0.820. The average molecular weight is 455 g/mol. The lowest BCUT2D eigenvalue weighted by atomic mass is 10.1. The van der Waals surface area contributed by atoms with E-state index in [-0.39, 0.29) is 28.1 Å². The number of aryl methyl sites for hydroxylation is 1. The molecule has 3 rings (SSSR count). The zero-order chi connectivity index (χ0) is 22.2. The first kappa shape index (κ1) is 22.0. The third kappa shape index (κ3) is 4.39. The first-order valence-electron chi connectivity index (χ1n) is 9.03. The summed E-state index contributed by atoms with van der Waals surface area (Å²) in [7, 11) is -3.09. The van der Waals surface area contributed by atoms with E-state index in [1.165, 1.54) is 12.1 Å². The van der Waals surface area contributed by atoms with Gasteiger partial charge in [0.15, 0.2) is 16.4 Å². The smallest absolute Gasteiger partial charge is 0.345 e. The zero-order valence-electron chi connectivity index (χ0n) is 16.3. The number of carbonyl (C=O) groups is 2. The van der Waals surface area contributed by atoms with Gasteiger partial charge in [-0.1, -0.05) is 11.6 Å². The quantitative estimate of drug-likeness (QED) is 0.284. The number of aromatic nitrogens is 1. The van der Waals surface area contributed by atoms with Gasteiger partial charge in [-0.05, 0) is 38.5 Å². The molecule has 160 valence electrons. The number of ether oxygens (including phenoxy) is 1. The first-order valence-corrected chi connectivity index (χ1v) is 11.2. The van der Waals surface area contributed by atoms with Gasteiger partial charge in [0.05, 0.1) is 16.4 Å². The van der Waals surface area contributed by atoms with Gasteiger partial charge in [-0.2, -0.15) is 0 Å². The van der Waals surface area contributed by atoms with Crippen LogP contribution in [0.4, 0.5) is 5.69 Å². The second-order valence-electron chi connectivity index (χ2n) is 7.13. The second-order valence-corrected chi connectivity index (χ2v) is 9.79. The number of carbonyl (C=O) groups excluding carboxylic acids is 2. The number of nitro groups is 1. The highest BCUT2D eigenvalue weighted by molar-refractivity contribution is 7.91. The number of halogens is 1. The van der Waals surface area contributed by atoms with Gasteiger partial charge in [0.25, 0.3) is 5.69 Å². The molecule has 1 unspecified atom stereocenters. The molecule has 1 aliphatic rings. The fraction of sp³-hybridized carbons (Fsp3) is 0.368. The number of hydrogen-bond acceptors (Lipinski definition) is 7. The van der Waals surface area contributed by atoms with E-state index in [4.69, 9.17) is 16.3 Å². The molecule has 0 N–H and O–H groups in total. The highest BCUT2D eigenvalue weighted by Crippen LogP contribution is 2.29. The molecule has 0 saturated carbocycles. The van der Waals surface area contributed by atoms with Gasteiger partial charge >= 0.3 is 5.97 Å². The van der Waals surface area contributed by atoms with Crippen LogP contribution in [0.25, 0.3) is 0 Å². The lowest BCUT2D eigenvalue weighted by molar-refractivity contribution is -0.385. The van der Waals surface area contributed by atoms with Crippen LogP contribution in [0.2, 0.25) is 5.02 Å². The van der Waals surface area contributed by atoms with Crippen LogP contribution in [0.1, 0.15) is 44.6 Å². The van der Waals surface area contributed by atoms with Gasteiger partial charge < -0.3 is 9.30 Å². The summed E-state index contributed by atoms with van der Waals surface area (Å²) in [6, 6.07) is 4.90. The molecular weight excluding hydrogens is 436 g/mol. The van der Waals surface area contributed by atoms with Crippen LogP contribution in [0.15, 0.2) is 24.3 Å². The van der Waals surface area contributed by atoms with Crippen LogP contribution in [0.5, 0.6) is 0 Å². The lowest BCUT2D eigenvalue weighted by Gasteiger charge is -2.16. The fourth-order valence-electron chi connectivity index (χ4n) is 3.72. The van der Waals surface area contributed by atoms with Crippen LogP contribution in [-0.4, -0.2) is 47.8 Å². The van der Waals surface area contributed by atoms with E-state index in [0.29, 0.717) is 17.7 Å². The number of esters is 1. The van der Waals surface area contributed by atoms with E-state index in [1.54, 1.807) is 19.9 Å². The molecule has 1 fully saturated rings. The number of hydrogen-bond donors (Lipinski definition) is 0. The van der Waals surface area contributed by atoms with E-state index >= 15 is 0 Å². The Kier molecular flexibility index (Phi) is 6.00. The maximum Gasteiger partial charge on any atom is 0.345 e. The highest BCUT2D eigenvalue weighted by Gasteiger charge is 2.32. The molecule has 0 amide bonds. The topological polar surface area (TPSA) is 126 Å². The number of benzene rings is 1. The third-order valence-corrected chi connectivity index (χ3v) is 7.05. The van der Waals surface area contributed by atoms with Crippen molar-refractivity contribution in [2.75, 3.05) is 18.1 Å². The maximum absolute atomic E-state index is 12.6. The summed E-state index contributed by atoms with van der Waals surface area (Å²) in [6.07, 6.45) is 0.474. The normalized spacial score (nSPS) is 17.6. The number of ketones is 1. The van der Waals surface area contributed by atoms with Crippen LogP contribution in [0, 0.1) is 24.0 Å². The maximum atomic E-state index is 12.6. The molecule has 1 aliphatic heterocycles. The predicted octanol–water partition coefficient (Wildman–Crippen LogP) is 3.07. The molecule has 0 aliphatic carbocycles.